The Kier molecular flexibility index (Phi) is 2.25. The number of rotatable bonds is 1. The van der Waals surface area contributed by atoms with Gasteiger partial charge in [-0.1, -0.05) is 17.7 Å². The van der Waals surface area contributed by atoms with Crippen LogP contribution in [0.1, 0.15) is 19.3 Å². The van der Waals surface area contributed by atoms with Gasteiger partial charge in [0.15, 0.2) is 0 Å². The van der Waals surface area contributed by atoms with Gasteiger partial charge < -0.3 is 0 Å². The van der Waals surface area contributed by atoms with Crippen LogP contribution in [0.15, 0.2) is 23.8 Å². The lowest BCUT2D eigenvalue weighted by molar-refractivity contribution is -0.104. The topological polar surface area (TPSA) is 17.1 Å². The lowest BCUT2D eigenvalue weighted by atomic mass is 10.0. The Morgan fingerprint density at radius 2 is 2.33 bits per heavy atom. The molecule has 0 radical (unpaired) electrons. The van der Waals surface area contributed by atoms with Crippen molar-refractivity contribution in [3.8, 4) is 0 Å². The summed E-state index contributed by atoms with van der Waals surface area (Å²) < 4.78 is 0. The third kappa shape index (κ3) is 1.84. The van der Waals surface area contributed by atoms with Crippen LogP contribution < -0.4 is 0 Å². The van der Waals surface area contributed by atoms with E-state index in [1.807, 2.05) is 0 Å². The number of hydrogen-bond donors (Lipinski definition) is 0. The van der Waals surface area contributed by atoms with Gasteiger partial charge in [0.1, 0.15) is 6.29 Å². The zero-order chi connectivity index (χ0) is 6.53. The Morgan fingerprint density at radius 3 is 2.89 bits per heavy atom. The van der Waals surface area contributed by atoms with E-state index in [1.165, 1.54) is 5.57 Å². The van der Waals surface area contributed by atoms with E-state index in [0.717, 1.165) is 25.5 Å². The molecule has 1 rings (SSSR count). The molecule has 48 valence electrons. The van der Waals surface area contributed by atoms with Gasteiger partial charge in [0.2, 0.25) is 0 Å². The first-order valence-corrected chi connectivity index (χ1v) is 3.21. The Morgan fingerprint density at radius 1 is 1.44 bits per heavy atom. The van der Waals surface area contributed by atoms with Crippen molar-refractivity contribution in [2.24, 2.45) is 0 Å². The quantitative estimate of drug-likeness (QED) is 0.294. The number of allylic oxidation sites excluding steroid dienone is 4. The standard InChI is InChI=1S/C8H10O/c9-7-6-8-4-2-1-3-5-8/h1-2,6-7H,3-5H2/b8-6-. The summed E-state index contributed by atoms with van der Waals surface area (Å²) in [5.74, 6) is 0. The van der Waals surface area contributed by atoms with E-state index in [4.69, 9.17) is 0 Å². The molecule has 1 heteroatoms. The van der Waals surface area contributed by atoms with Crippen LogP contribution >= 0.6 is 0 Å². The van der Waals surface area contributed by atoms with E-state index in [-0.39, 0.29) is 0 Å². The first-order chi connectivity index (χ1) is 4.43. The second-order valence-electron chi connectivity index (χ2n) is 2.18. The van der Waals surface area contributed by atoms with Gasteiger partial charge in [0.25, 0.3) is 0 Å². The molecule has 0 aromatic rings. The molecule has 0 fully saturated rings. The van der Waals surface area contributed by atoms with E-state index in [0.29, 0.717) is 0 Å². The maximum absolute atomic E-state index is 9.97. The molecule has 0 amide bonds. The zero-order valence-electron chi connectivity index (χ0n) is 5.34. The fourth-order valence-corrected chi connectivity index (χ4v) is 0.971. The van der Waals surface area contributed by atoms with Gasteiger partial charge in [0, 0.05) is 0 Å². The van der Waals surface area contributed by atoms with Crippen LogP contribution in [0.5, 0.6) is 0 Å². The molecule has 0 saturated carbocycles. The minimum Gasteiger partial charge on any atom is -0.299 e. The normalized spacial score (nSPS) is 22.4. The summed E-state index contributed by atoms with van der Waals surface area (Å²) >= 11 is 0. The van der Waals surface area contributed by atoms with Crippen molar-refractivity contribution in [2.45, 2.75) is 19.3 Å². The van der Waals surface area contributed by atoms with Crippen molar-refractivity contribution in [1.82, 2.24) is 0 Å². The minimum absolute atomic E-state index is 0.870. The van der Waals surface area contributed by atoms with E-state index in [1.54, 1.807) is 6.08 Å². The number of carbonyl (C=O) groups excluding carboxylic acids is 1. The van der Waals surface area contributed by atoms with Crippen molar-refractivity contribution in [1.29, 1.82) is 0 Å². The van der Waals surface area contributed by atoms with Crippen molar-refractivity contribution >= 4 is 6.29 Å². The summed E-state index contributed by atoms with van der Waals surface area (Å²) in [6.07, 6.45) is 9.94. The lowest BCUT2D eigenvalue weighted by Gasteiger charge is -2.04. The third-order valence-electron chi connectivity index (χ3n) is 1.48. The number of aldehydes is 1. The highest BCUT2D eigenvalue weighted by Gasteiger charge is 1.97. The van der Waals surface area contributed by atoms with Gasteiger partial charge in [-0.3, -0.25) is 4.79 Å². The molecule has 0 unspecified atom stereocenters. The summed E-state index contributed by atoms with van der Waals surface area (Å²) in [7, 11) is 0. The molecule has 0 atom stereocenters. The van der Waals surface area contributed by atoms with E-state index in [2.05, 4.69) is 12.2 Å². The molecule has 0 N–H and O–H groups in total. The third-order valence-corrected chi connectivity index (χ3v) is 1.48. The summed E-state index contributed by atoms with van der Waals surface area (Å²) in [6, 6.07) is 0. The van der Waals surface area contributed by atoms with E-state index in [9.17, 15) is 4.79 Å². The van der Waals surface area contributed by atoms with Gasteiger partial charge in [-0.15, -0.1) is 0 Å². The van der Waals surface area contributed by atoms with Crippen LogP contribution in [0.25, 0.3) is 0 Å². The average molecular weight is 122 g/mol. The molecule has 1 aliphatic carbocycles. The highest BCUT2D eigenvalue weighted by Crippen LogP contribution is 2.15. The second kappa shape index (κ2) is 3.23. The summed E-state index contributed by atoms with van der Waals surface area (Å²) in [5.41, 5.74) is 1.26. The fraction of sp³-hybridized carbons (Fsp3) is 0.375. The number of carbonyl (C=O) groups is 1. The molecule has 0 spiro atoms. The molecule has 0 saturated heterocycles. The van der Waals surface area contributed by atoms with Crippen LogP contribution in [0.4, 0.5) is 0 Å². The predicted molar refractivity (Wildman–Crippen MR) is 37.1 cm³/mol. The minimum atomic E-state index is 0.870. The molecule has 0 aromatic heterocycles. The van der Waals surface area contributed by atoms with Gasteiger partial charge in [-0.05, 0) is 25.3 Å². The molecule has 0 bridgehead atoms. The number of hydrogen-bond acceptors (Lipinski definition) is 1. The van der Waals surface area contributed by atoms with Gasteiger partial charge in [0.05, 0.1) is 0 Å². The van der Waals surface area contributed by atoms with E-state index < -0.39 is 0 Å². The van der Waals surface area contributed by atoms with Crippen molar-refractivity contribution in [2.75, 3.05) is 0 Å². The predicted octanol–water partition coefficient (Wildman–Crippen LogP) is 1.85. The maximum Gasteiger partial charge on any atom is 0.142 e. The molecule has 1 aliphatic rings. The van der Waals surface area contributed by atoms with Crippen molar-refractivity contribution in [3.05, 3.63) is 23.8 Å². The smallest absolute Gasteiger partial charge is 0.142 e. The first kappa shape index (κ1) is 6.27. The Balaban J connectivity index is 2.52. The van der Waals surface area contributed by atoms with Crippen molar-refractivity contribution in [3.63, 3.8) is 0 Å². The monoisotopic (exact) mass is 122 g/mol. The largest absolute Gasteiger partial charge is 0.299 e. The Labute approximate surface area is 55.1 Å². The average Bonchev–Trinajstić information content (AvgIpc) is 1.91. The Hall–Kier alpha value is -0.850. The molecule has 0 aromatic carbocycles. The molecular weight excluding hydrogens is 112 g/mol. The SMILES string of the molecule is O=C/C=C1/CC=CCC1. The van der Waals surface area contributed by atoms with Crippen LogP contribution in [-0.4, -0.2) is 6.29 Å². The van der Waals surface area contributed by atoms with Gasteiger partial charge in [-0.2, -0.15) is 0 Å². The van der Waals surface area contributed by atoms with Gasteiger partial charge in [-0.25, -0.2) is 0 Å². The molecule has 0 aliphatic heterocycles. The Bertz CT molecular complexity index is 154. The van der Waals surface area contributed by atoms with Crippen LogP contribution in [0.3, 0.4) is 0 Å². The van der Waals surface area contributed by atoms with Crippen molar-refractivity contribution < 1.29 is 4.79 Å². The second-order valence-corrected chi connectivity index (χ2v) is 2.18. The molecule has 9 heavy (non-hydrogen) atoms. The van der Waals surface area contributed by atoms with Crippen LogP contribution in [0.2, 0.25) is 0 Å². The maximum atomic E-state index is 9.97. The first-order valence-electron chi connectivity index (χ1n) is 3.21. The lowest BCUT2D eigenvalue weighted by Crippen LogP contribution is -1.87. The zero-order valence-corrected chi connectivity index (χ0v) is 5.34. The molecular formula is C8H10O. The summed E-state index contributed by atoms with van der Waals surface area (Å²) in [5, 5.41) is 0. The molecule has 0 heterocycles. The summed E-state index contributed by atoms with van der Waals surface area (Å²) in [6.45, 7) is 0. The van der Waals surface area contributed by atoms with Gasteiger partial charge >= 0.3 is 0 Å². The highest BCUT2D eigenvalue weighted by molar-refractivity contribution is 5.66. The fourth-order valence-electron chi connectivity index (χ4n) is 0.971. The van der Waals surface area contributed by atoms with Crippen LogP contribution in [0, 0.1) is 0 Å². The summed E-state index contributed by atoms with van der Waals surface area (Å²) in [4.78, 5) is 9.97. The van der Waals surface area contributed by atoms with Crippen LogP contribution in [-0.2, 0) is 4.79 Å². The highest BCUT2D eigenvalue weighted by atomic mass is 16.1. The molecule has 1 nitrogen and oxygen atoms in total. The van der Waals surface area contributed by atoms with E-state index >= 15 is 0 Å².